The van der Waals surface area contributed by atoms with E-state index in [0.29, 0.717) is 11.1 Å². The van der Waals surface area contributed by atoms with Crippen LogP contribution in [0.3, 0.4) is 0 Å². The molecule has 1 N–H and O–H groups in total. The number of halogens is 1. The largest absolute Gasteiger partial charge is 0.410 e. The Bertz CT molecular complexity index is 404. The molecule has 0 radical (unpaired) electrons. The van der Waals surface area contributed by atoms with Crippen LogP contribution in [-0.2, 0) is 0 Å². The van der Waals surface area contributed by atoms with Crippen molar-refractivity contribution in [3.8, 4) is 0 Å². The molecule has 0 unspecified atom stereocenters. The molecule has 0 saturated heterocycles. The minimum absolute atomic E-state index is 0.0198. The Balaban J connectivity index is 3.20. The van der Waals surface area contributed by atoms with Crippen LogP contribution in [0.15, 0.2) is 23.4 Å². The van der Waals surface area contributed by atoms with Crippen molar-refractivity contribution in [1.82, 2.24) is 0 Å². The number of hydrogen-bond acceptors (Lipinski definition) is 4. The highest BCUT2D eigenvalue weighted by Crippen LogP contribution is 2.18. The van der Waals surface area contributed by atoms with Crippen molar-refractivity contribution in [2.75, 3.05) is 0 Å². The van der Waals surface area contributed by atoms with Gasteiger partial charge in [0.1, 0.15) is 0 Å². The van der Waals surface area contributed by atoms with Gasteiger partial charge in [-0.05, 0) is 18.6 Å². The van der Waals surface area contributed by atoms with Crippen LogP contribution in [0.5, 0.6) is 0 Å². The van der Waals surface area contributed by atoms with Gasteiger partial charge in [0.05, 0.1) is 4.92 Å². The van der Waals surface area contributed by atoms with Crippen LogP contribution in [0.25, 0.3) is 0 Å². The van der Waals surface area contributed by atoms with Gasteiger partial charge in [0.15, 0.2) is 5.17 Å². The van der Waals surface area contributed by atoms with Crippen LogP contribution in [0.4, 0.5) is 5.69 Å². The molecule has 6 heteroatoms. The highest BCUT2D eigenvalue weighted by Gasteiger charge is 2.10. The van der Waals surface area contributed by atoms with Gasteiger partial charge in [-0.1, -0.05) is 16.8 Å². The first-order valence-electron chi connectivity index (χ1n) is 3.69. The number of hydrogen-bond donors (Lipinski definition) is 1. The molecule has 74 valence electrons. The Kier molecular flexibility index (Phi) is 3.03. The second kappa shape index (κ2) is 4.06. The van der Waals surface area contributed by atoms with Crippen LogP contribution in [0, 0.1) is 17.0 Å². The van der Waals surface area contributed by atoms with Crippen LogP contribution in [-0.4, -0.2) is 15.3 Å². The van der Waals surface area contributed by atoms with Gasteiger partial charge in [0.25, 0.3) is 5.69 Å². The van der Waals surface area contributed by atoms with E-state index in [9.17, 15) is 10.1 Å². The maximum Gasteiger partial charge on any atom is 0.269 e. The zero-order chi connectivity index (χ0) is 10.7. The molecule has 0 bridgehead atoms. The second-order valence-corrected chi connectivity index (χ2v) is 3.01. The van der Waals surface area contributed by atoms with Crippen LogP contribution >= 0.6 is 11.6 Å². The van der Waals surface area contributed by atoms with Gasteiger partial charge in [-0.25, -0.2) is 0 Å². The fraction of sp³-hybridized carbons (Fsp3) is 0.125. The molecule has 0 spiro atoms. The van der Waals surface area contributed by atoms with E-state index in [-0.39, 0.29) is 10.9 Å². The van der Waals surface area contributed by atoms with Gasteiger partial charge >= 0.3 is 0 Å². The minimum atomic E-state index is -0.499. The normalized spacial score (nSPS) is 11.4. The molecule has 0 heterocycles. The van der Waals surface area contributed by atoms with Crippen molar-refractivity contribution in [3.63, 3.8) is 0 Å². The fourth-order valence-electron chi connectivity index (χ4n) is 1.05. The van der Waals surface area contributed by atoms with E-state index < -0.39 is 4.92 Å². The predicted molar refractivity (Wildman–Crippen MR) is 52.0 cm³/mol. The third kappa shape index (κ3) is 2.00. The third-order valence-corrected chi connectivity index (χ3v) is 2.01. The molecule has 0 amide bonds. The number of nitro benzene ring substituents is 1. The quantitative estimate of drug-likeness (QED) is 0.355. The first-order chi connectivity index (χ1) is 6.56. The lowest BCUT2D eigenvalue weighted by atomic mass is 10.1. The number of rotatable bonds is 2. The van der Waals surface area contributed by atoms with Gasteiger partial charge in [-0.2, -0.15) is 0 Å². The SMILES string of the molecule is Cc1cc([N+](=O)[O-])ccc1/C(Cl)=N\O. The average molecular weight is 215 g/mol. The van der Waals surface area contributed by atoms with Gasteiger partial charge in [0, 0.05) is 17.7 Å². The number of aryl methyl sites for hydroxylation is 1. The van der Waals surface area contributed by atoms with E-state index in [4.69, 9.17) is 16.8 Å². The molecule has 0 aliphatic carbocycles. The molecule has 0 saturated carbocycles. The molecular formula is C8H7ClN2O3. The van der Waals surface area contributed by atoms with E-state index in [2.05, 4.69) is 5.16 Å². The maximum atomic E-state index is 10.4. The van der Waals surface area contributed by atoms with Crippen molar-refractivity contribution in [2.24, 2.45) is 5.16 Å². The summed E-state index contributed by atoms with van der Waals surface area (Å²) in [5.74, 6) is 0. The third-order valence-electron chi connectivity index (χ3n) is 1.73. The lowest BCUT2D eigenvalue weighted by Gasteiger charge is -2.01. The summed E-state index contributed by atoms with van der Waals surface area (Å²) in [7, 11) is 0. The molecular weight excluding hydrogens is 208 g/mol. The predicted octanol–water partition coefficient (Wildman–Crippen LogP) is 2.28. The maximum absolute atomic E-state index is 10.4. The molecule has 0 fully saturated rings. The summed E-state index contributed by atoms with van der Waals surface area (Å²) in [5.41, 5.74) is 1.04. The van der Waals surface area contributed by atoms with Crippen LogP contribution in [0.2, 0.25) is 0 Å². The number of oxime groups is 1. The molecule has 14 heavy (non-hydrogen) atoms. The summed E-state index contributed by atoms with van der Waals surface area (Å²) in [5, 5.41) is 21.5. The van der Waals surface area contributed by atoms with Gasteiger partial charge in [0.2, 0.25) is 0 Å². The van der Waals surface area contributed by atoms with Crippen molar-refractivity contribution in [2.45, 2.75) is 6.92 Å². The highest BCUT2D eigenvalue weighted by atomic mass is 35.5. The highest BCUT2D eigenvalue weighted by molar-refractivity contribution is 6.69. The summed E-state index contributed by atoms with van der Waals surface area (Å²) in [6.07, 6.45) is 0. The smallest absolute Gasteiger partial charge is 0.269 e. The minimum Gasteiger partial charge on any atom is -0.410 e. The zero-order valence-corrected chi connectivity index (χ0v) is 8.02. The van der Waals surface area contributed by atoms with Gasteiger partial charge < -0.3 is 5.21 Å². The first kappa shape index (κ1) is 10.5. The van der Waals surface area contributed by atoms with Gasteiger partial charge in [-0.15, -0.1) is 0 Å². The molecule has 1 rings (SSSR count). The van der Waals surface area contributed by atoms with Crippen LogP contribution < -0.4 is 0 Å². The Morgan fingerprint density at radius 1 is 1.64 bits per heavy atom. The fourth-order valence-corrected chi connectivity index (χ4v) is 1.26. The van der Waals surface area contributed by atoms with Crippen LogP contribution in [0.1, 0.15) is 11.1 Å². The number of nitro groups is 1. The number of benzene rings is 1. The molecule has 0 aliphatic rings. The zero-order valence-electron chi connectivity index (χ0n) is 7.27. The lowest BCUT2D eigenvalue weighted by molar-refractivity contribution is -0.384. The lowest BCUT2D eigenvalue weighted by Crippen LogP contribution is -1.97. The molecule has 0 aromatic heterocycles. The van der Waals surface area contributed by atoms with Crippen molar-refractivity contribution in [3.05, 3.63) is 39.4 Å². The summed E-state index contributed by atoms with van der Waals surface area (Å²) in [4.78, 5) is 9.90. The van der Waals surface area contributed by atoms with E-state index in [1.807, 2.05) is 0 Å². The summed E-state index contributed by atoms with van der Waals surface area (Å²) >= 11 is 5.56. The average Bonchev–Trinajstić information content (AvgIpc) is 2.16. The Hall–Kier alpha value is -1.62. The molecule has 5 nitrogen and oxygen atoms in total. The molecule has 1 aromatic rings. The summed E-state index contributed by atoms with van der Waals surface area (Å²) < 4.78 is 0. The Morgan fingerprint density at radius 2 is 2.29 bits per heavy atom. The van der Waals surface area contributed by atoms with E-state index in [1.165, 1.54) is 18.2 Å². The Morgan fingerprint density at radius 3 is 2.71 bits per heavy atom. The standard InChI is InChI=1S/C8H7ClN2O3/c1-5-4-6(11(13)14)2-3-7(5)8(9)10-12/h2-4,12H,1H3/b10-8+. The first-order valence-corrected chi connectivity index (χ1v) is 4.07. The van der Waals surface area contributed by atoms with Crippen molar-refractivity contribution in [1.29, 1.82) is 0 Å². The number of nitrogens with zero attached hydrogens (tertiary/aromatic N) is 2. The van der Waals surface area contributed by atoms with E-state index in [1.54, 1.807) is 6.92 Å². The number of non-ortho nitro benzene ring substituents is 1. The topological polar surface area (TPSA) is 75.7 Å². The van der Waals surface area contributed by atoms with Gasteiger partial charge in [-0.3, -0.25) is 10.1 Å². The van der Waals surface area contributed by atoms with Crippen molar-refractivity contribution < 1.29 is 10.1 Å². The monoisotopic (exact) mass is 214 g/mol. The summed E-state index contributed by atoms with van der Waals surface area (Å²) in [6, 6.07) is 4.11. The Labute approximate surface area is 84.8 Å². The molecule has 1 aromatic carbocycles. The second-order valence-electron chi connectivity index (χ2n) is 2.65. The van der Waals surface area contributed by atoms with E-state index in [0.717, 1.165) is 0 Å². The molecule has 0 atom stereocenters. The summed E-state index contributed by atoms with van der Waals surface area (Å²) in [6.45, 7) is 1.65. The molecule has 0 aliphatic heterocycles. The van der Waals surface area contributed by atoms with E-state index >= 15 is 0 Å². The van der Waals surface area contributed by atoms with Crippen molar-refractivity contribution >= 4 is 22.5 Å².